The van der Waals surface area contributed by atoms with Gasteiger partial charge in [0.2, 0.25) is 0 Å². The molecule has 0 aliphatic heterocycles. The zero-order chi connectivity index (χ0) is 7.68. The van der Waals surface area contributed by atoms with E-state index in [0.717, 1.165) is 5.39 Å². The van der Waals surface area contributed by atoms with Crippen molar-refractivity contribution < 1.29 is 0 Å². The summed E-state index contributed by atoms with van der Waals surface area (Å²) in [5, 5.41) is 0.975. The molecule has 0 fully saturated rings. The second-order valence-electron chi connectivity index (χ2n) is 2.25. The van der Waals surface area contributed by atoms with E-state index >= 15 is 0 Å². The number of hydrogen-bond acceptors (Lipinski definition) is 2. The molecule has 0 amide bonds. The minimum absolute atomic E-state index is 0.260. The van der Waals surface area contributed by atoms with Gasteiger partial charge in [0.15, 0.2) is 5.65 Å². The van der Waals surface area contributed by atoms with Crippen molar-refractivity contribution in [3.63, 3.8) is 0 Å². The Morgan fingerprint density at radius 1 is 1.18 bits per heavy atom. The predicted octanol–water partition coefficient (Wildman–Crippen LogP) is 1.54. The van der Waals surface area contributed by atoms with E-state index in [1.807, 2.05) is 18.2 Å². The molecule has 11 heavy (non-hydrogen) atoms. The van der Waals surface area contributed by atoms with Gasteiger partial charge in [0.05, 0.1) is 0 Å². The normalized spacial score (nSPS) is 10.2. The summed E-state index contributed by atoms with van der Waals surface area (Å²) in [6.07, 6.45) is 1.68. The van der Waals surface area contributed by atoms with Gasteiger partial charge in [0.1, 0.15) is 5.82 Å². The lowest BCUT2D eigenvalue weighted by atomic mass is 10.3. The van der Waals surface area contributed by atoms with Gasteiger partial charge in [-0.25, -0.2) is 9.97 Å². The highest BCUT2D eigenvalue weighted by atomic mass is 14.9. The van der Waals surface area contributed by atoms with Crippen molar-refractivity contribution in [1.82, 2.24) is 15.7 Å². The Kier molecular flexibility index (Phi) is 1.22. The lowest BCUT2D eigenvalue weighted by Crippen LogP contribution is -1.83. The summed E-state index contributed by atoms with van der Waals surface area (Å²) in [6, 6.07) is 7.28. The second kappa shape index (κ2) is 2.20. The molecule has 0 aromatic carbocycles. The van der Waals surface area contributed by atoms with Crippen LogP contribution in [-0.2, 0) is 0 Å². The first-order valence-corrected chi connectivity index (χ1v) is 3.30. The number of aromatic nitrogens is 2. The first kappa shape index (κ1) is 6.09. The molecule has 0 unspecified atom stereocenters. The topological polar surface area (TPSA) is 49.6 Å². The first-order chi connectivity index (χ1) is 5.36. The molecule has 2 heterocycles. The number of rotatable bonds is 0. The molecule has 0 bridgehead atoms. The van der Waals surface area contributed by atoms with Gasteiger partial charge in [-0.15, -0.1) is 0 Å². The largest absolute Gasteiger partial charge is 0.283 e. The highest BCUT2D eigenvalue weighted by Gasteiger charge is 1.93. The van der Waals surface area contributed by atoms with Crippen LogP contribution in [0.2, 0.25) is 0 Å². The van der Waals surface area contributed by atoms with E-state index in [2.05, 4.69) is 9.97 Å². The van der Waals surface area contributed by atoms with Crippen LogP contribution in [-0.4, -0.2) is 9.97 Å². The van der Waals surface area contributed by atoms with Gasteiger partial charge in [-0.05, 0) is 24.3 Å². The standard InChI is InChI=1S/C8H6N3/c9-7-4-3-6-2-1-5-10-8(6)11-7/h1-5,9H. The molecular weight excluding hydrogens is 138 g/mol. The average molecular weight is 144 g/mol. The summed E-state index contributed by atoms with van der Waals surface area (Å²) in [4.78, 5) is 7.94. The predicted molar refractivity (Wildman–Crippen MR) is 42.3 cm³/mol. The van der Waals surface area contributed by atoms with Crippen molar-refractivity contribution in [1.29, 1.82) is 0 Å². The number of fused-ring (bicyclic) bond motifs is 1. The molecule has 0 atom stereocenters. The summed E-state index contributed by atoms with van der Waals surface area (Å²) in [5.41, 5.74) is 7.86. The monoisotopic (exact) mass is 144 g/mol. The van der Waals surface area contributed by atoms with Gasteiger partial charge >= 0.3 is 0 Å². The third-order valence-corrected chi connectivity index (χ3v) is 1.46. The quantitative estimate of drug-likeness (QED) is 0.563. The van der Waals surface area contributed by atoms with Crippen molar-refractivity contribution in [3.8, 4) is 0 Å². The van der Waals surface area contributed by atoms with Crippen LogP contribution in [0.5, 0.6) is 0 Å². The maximum atomic E-state index is 7.23. The molecule has 1 N–H and O–H groups in total. The zero-order valence-electron chi connectivity index (χ0n) is 5.78. The lowest BCUT2D eigenvalue weighted by molar-refractivity contribution is 1.24. The van der Waals surface area contributed by atoms with Gasteiger partial charge in [-0.1, -0.05) is 0 Å². The number of nitrogens with one attached hydrogen (secondary N) is 1. The fourth-order valence-corrected chi connectivity index (χ4v) is 0.953. The van der Waals surface area contributed by atoms with Gasteiger partial charge < -0.3 is 0 Å². The molecule has 0 saturated carbocycles. The minimum atomic E-state index is 0.260. The van der Waals surface area contributed by atoms with Crippen molar-refractivity contribution in [2.75, 3.05) is 0 Å². The van der Waals surface area contributed by atoms with E-state index in [1.54, 1.807) is 12.3 Å². The summed E-state index contributed by atoms with van der Waals surface area (Å²) < 4.78 is 0. The van der Waals surface area contributed by atoms with Crippen LogP contribution in [0.25, 0.3) is 11.0 Å². The summed E-state index contributed by atoms with van der Waals surface area (Å²) in [6.45, 7) is 0. The van der Waals surface area contributed by atoms with Gasteiger partial charge in [0.25, 0.3) is 0 Å². The van der Waals surface area contributed by atoms with Crippen molar-refractivity contribution >= 4 is 16.9 Å². The third-order valence-electron chi connectivity index (χ3n) is 1.46. The first-order valence-electron chi connectivity index (χ1n) is 3.30. The Balaban J connectivity index is 2.83. The molecule has 0 aliphatic rings. The molecule has 0 aliphatic carbocycles. The Labute approximate surface area is 63.9 Å². The Hall–Kier alpha value is -1.64. The van der Waals surface area contributed by atoms with Gasteiger partial charge in [-0.3, -0.25) is 5.73 Å². The van der Waals surface area contributed by atoms with Crippen molar-refractivity contribution in [3.05, 3.63) is 30.5 Å². The molecule has 2 aromatic heterocycles. The van der Waals surface area contributed by atoms with Crippen LogP contribution in [0, 0.1) is 0 Å². The molecular formula is C8H6N3. The molecule has 2 aromatic rings. The fourth-order valence-electron chi connectivity index (χ4n) is 0.953. The number of pyridine rings is 2. The van der Waals surface area contributed by atoms with Crippen LogP contribution < -0.4 is 5.73 Å². The molecule has 0 spiro atoms. The highest BCUT2D eigenvalue weighted by molar-refractivity contribution is 5.75. The molecule has 53 valence electrons. The van der Waals surface area contributed by atoms with E-state index in [-0.39, 0.29) is 5.82 Å². The van der Waals surface area contributed by atoms with E-state index in [1.165, 1.54) is 0 Å². The van der Waals surface area contributed by atoms with E-state index < -0.39 is 0 Å². The van der Waals surface area contributed by atoms with Crippen LogP contribution in [0.3, 0.4) is 0 Å². The zero-order valence-corrected chi connectivity index (χ0v) is 5.78. The molecule has 3 nitrogen and oxygen atoms in total. The van der Waals surface area contributed by atoms with E-state index in [0.29, 0.717) is 5.65 Å². The third kappa shape index (κ3) is 1.00. The molecule has 0 saturated heterocycles. The highest BCUT2D eigenvalue weighted by Crippen LogP contribution is 2.09. The van der Waals surface area contributed by atoms with Crippen LogP contribution >= 0.6 is 0 Å². The number of nitrogens with zero attached hydrogens (tertiary/aromatic N) is 2. The maximum Gasteiger partial charge on any atom is 0.161 e. The second-order valence-corrected chi connectivity index (χ2v) is 2.25. The fraction of sp³-hybridized carbons (Fsp3) is 0. The SMILES string of the molecule is [NH]c1ccc2cccnc2n1. The smallest absolute Gasteiger partial charge is 0.161 e. The molecule has 3 heteroatoms. The van der Waals surface area contributed by atoms with Gasteiger partial charge in [-0.2, -0.15) is 0 Å². The summed E-state index contributed by atoms with van der Waals surface area (Å²) >= 11 is 0. The minimum Gasteiger partial charge on any atom is -0.283 e. The van der Waals surface area contributed by atoms with Crippen molar-refractivity contribution in [2.45, 2.75) is 0 Å². The Morgan fingerprint density at radius 3 is 3.00 bits per heavy atom. The Morgan fingerprint density at radius 2 is 2.09 bits per heavy atom. The lowest BCUT2D eigenvalue weighted by Gasteiger charge is -1.94. The number of hydrogen-bond donors (Lipinski definition) is 0. The molecule has 2 rings (SSSR count). The van der Waals surface area contributed by atoms with Crippen LogP contribution in [0.15, 0.2) is 30.5 Å². The summed E-state index contributed by atoms with van der Waals surface area (Å²) in [7, 11) is 0. The summed E-state index contributed by atoms with van der Waals surface area (Å²) in [5.74, 6) is 0.260. The maximum absolute atomic E-state index is 7.23. The van der Waals surface area contributed by atoms with Gasteiger partial charge in [0, 0.05) is 11.6 Å². The average Bonchev–Trinajstić information content (AvgIpc) is 2.04. The van der Waals surface area contributed by atoms with Crippen LogP contribution in [0.1, 0.15) is 0 Å². The van der Waals surface area contributed by atoms with E-state index in [4.69, 9.17) is 5.73 Å². The molecule has 1 radical (unpaired) electrons. The van der Waals surface area contributed by atoms with Crippen LogP contribution in [0.4, 0.5) is 5.82 Å². The van der Waals surface area contributed by atoms with E-state index in [9.17, 15) is 0 Å². The Bertz CT molecular complexity index is 384. The van der Waals surface area contributed by atoms with Crippen molar-refractivity contribution in [2.24, 2.45) is 0 Å².